The molecule has 5 heteroatoms. The lowest BCUT2D eigenvalue weighted by Crippen LogP contribution is -2.30. The van der Waals surface area contributed by atoms with E-state index < -0.39 is 0 Å². The Labute approximate surface area is 109 Å². The molecule has 0 radical (unpaired) electrons. The standard InChI is InChI=1S/C13H13N3OS/c17-13(10-3-7-18-9-10)16-6-1-2-12(16)11-8-14-4-5-15-11/h3-5,7-9,12H,1-2,6H2. The van der Waals surface area contributed by atoms with Gasteiger partial charge in [0.05, 0.1) is 23.5 Å². The summed E-state index contributed by atoms with van der Waals surface area (Å²) in [5, 5.41) is 3.83. The molecule has 1 fully saturated rings. The number of carbonyl (C=O) groups excluding carboxylic acids is 1. The molecule has 2 aromatic rings. The molecule has 2 aromatic heterocycles. The van der Waals surface area contributed by atoms with Crippen LogP contribution in [0.1, 0.15) is 34.9 Å². The molecule has 3 heterocycles. The van der Waals surface area contributed by atoms with Crippen molar-refractivity contribution >= 4 is 17.2 Å². The van der Waals surface area contributed by atoms with E-state index in [2.05, 4.69) is 9.97 Å². The molecule has 1 atom stereocenters. The Hall–Kier alpha value is -1.75. The summed E-state index contributed by atoms with van der Waals surface area (Å²) in [7, 11) is 0. The van der Waals surface area contributed by atoms with E-state index in [9.17, 15) is 4.79 Å². The zero-order chi connectivity index (χ0) is 12.4. The number of aromatic nitrogens is 2. The third-order valence-corrected chi connectivity index (χ3v) is 3.89. The molecule has 92 valence electrons. The zero-order valence-corrected chi connectivity index (χ0v) is 10.6. The summed E-state index contributed by atoms with van der Waals surface area (Å²) in [6.07, 6.45) is 7.08. The van der Waals surface area contributed by atoms with Gasteiger partial charge in [0.1, 0.15) is 0 Å². The van der Waals surface area contributed by atoms with Gasteiger partial charge in [0, 0.05) is 24.3 Å². The summed E-state index contributed by atoms with van der Waals surface area (Å²) in [6.45, 7) is 0.802. The van der Waals surface area contributed by atoms with Crippen molar-refractivity contribution in [3.05, 3.63) is 46.7 Å². The molecule has 0 bridgehead atoms. The van der Waals surface area contributed by atoms with Gasteiger partial charge in [-0.05, 0) is 24.3 Å². The van der Waals surface area contributed by atoms with E-state index in [1.807, 2.05) is 21.7 Å². The molecule has 0 spiro atoms. The molecule has 0 saturated carbocycles. The minimum Gasteiger partial charge on any atom is -0.330 e. The van der Waals surface area contributed by atoms with Crippen molar-refractivity contribution < 1.29 is 4.79 Å². The molecule has 1 unspecified atom stereocenters. The Kier molecular flexibility index (Phi) is 3.06. The maximum Gasteiger partial charge on any atom is 0.255 e. The second kappa shape index (κ2) is 4.86. The van der Waals surface area contributed by atoms with Crippen molar-refractivity contribution in [1.29, 1.82) is 0 Å². The van der Waals surface area contributed by atoms with Crippen LogP contribution in [0.2, 0.25) is 0 Å². The highest BCUT2D eigenvalue weighted by Crippen LogP contribution is 2.31. The minimum atomic E-state index is 0.0751. The molecule has 4 nitrogen and oxygen atoms in total. The number of rotatable bonds is 2. The monoisotopic (exact) mass is 259 g/mol. The average Bonchev–Trinajstić information content (AvgIpc) is 3.10. The van der Waals surface area contributed by atoms with Gasteiger partial charge < -0.3 is 4.90 Å². The SMILES string of the molecule is O=C(c1ccsc1)N1CCCC1c1cnccn1. The predicted molar refractivity (Wildman–Crippen MR) is 69.4 cm³/mol. The van der Waals surface area contributed by atoms with Crippen LogP contribution in [0.3, 0.4) is 0 Å². The highest BCUT2D eigenvalue weighted by atomic mass is 32.1. The van der Waals surface area contributed by atoms with E-state index >= 15 is 0 Å². The molecule has 0 aliphatic carbocycles. The Bertz CT molecular complexity index is 526. The van der Waals surface area contributed by atoms with Crippen LogP contribution < -0.4 is 0 Å². The van der Waals surface area contributed by atoms with Gasteiger partial charge in [0.15, 0.2) is 0 Å². The fourth-order valence-electron chi connectivity index (χ4n) is 2.35. The van der Waals surface area contributed by atoms with Gasteiger partial charge in [-0.25, -0.2) is 0 Å². The molecule has 0 aromatic carbocycles. The minimum absolute atomic E-state index is 0.0751. The topological polar surface area (TPSA) is 46.1 Å². The van der Waals surface area contributed by atoms with E-state index in [0.29, 0.717) is 0 Å². The van der Waals surface area contributed by atoms with Gasteiger partial charge >= 0.3 is 0 Å². The fourth-order valence-corrected chi connectivity index (χ4v) is 2.98. The molecule has 1 amide bonds. The first-order valence-corrected chi connectivity index (χ1v) is 6.89. The number of nitrogens with zero attached hydrogens (tertiary/aromatic N) is 3. The highest BCUT2D eigenvalue weighted by molar-refractivity contribution is 7.08. The molecular formula is C13H13N3OS. The molecule has 1 aliphatic heterocycles. The number of likely N-dealkylation sites (tertiary alicyclic amines) is 1. The Morgan fingerprint density at radius 2 is 2.39 bits per heavy atom. The molecule has 3 rings (SSSR count). The van der Waals surface area contributed by atoms with E-state index in [4.69, 9.17) is 0 Å². The van der Waals surface area contributed by atoms with Crippen molar-refractivity contribution in [2.45, 2.75) is 18.9 Å². The Balaban J connectivity index is 1.86. The molecular weight excluding hydrogens is 246 g/mol. The first kappa shape index (κ1) is 11.3. The van der Waals surface area contributed by atoms with Crippen LogP contribution in [0.15, 0.2) is 35.4 Å². The van der Waals surface area contributed by atoms with E-state index in [1.54, 1.807) is 29.9 Å². The van der Waals surface area contributed by atoms with Crippen LogP contribution in [0.4, 0.5) is 0 Å². The van der Waals surface area contributed by atoms with Crippen LogP contribution in [0.25, 0.3) is 0 Å². The van der Waals surface area contributed by atoms with Gasteiger partial charge in [-0.1, -0.05) is 0 Å². The molecule has 1 saturated heterocycles. The van der Waals surface area contributed by atoms with Crippen molar-refractivity contribution in [3.8, 4) is 0 Å². The highest BCUT2D eigenvalue weighted by Gasteiger charge is 2.31. The van der Waals surface area contributed by atoms with Crippen molar-refractivity contribution in [3.63, 3.8) is 0 Å². The van der Waals surface area contributed by atoms with E-state index in [0.717, 1.165) is 30.6 Å². The van der Waals surface area contributed by atoms with Crippen LogP contribution >= 0.6 is 11.3 Å². The number of hydrogen-bond donors (Lipinski definition) is 0. The normalized spacial score (nSPS) is 19.1. The summed E-state index contributed by atoms with van der Waals surface area (Å²) < 4.78 is 0. The summed E-state index contributed by atoms with van der Waals surface area (Å²) in [5.74, 6) is 0.101. The summed E-state index contributed by atoms with van der Waals surface area (Å²) in [4.78, 5) is 22.7. The van der Waals surface area contributed by atoms with Crippen LogP contribution in [-0.4, -0.2) is 27.3 Å². The van der Waals surface area contributed by atoms with Crippen molar-refractivity contribution in [2.75, 3.05) is 6.54 Å². The summed E-state index contributed by atoms with van der Waals surface area (Å²) in [5.41, 5.74) is 1.66. The Morgan fingerprint density at radius 3 is 3.11 bits per heavy atom. The first-order valence-electron chi connectivity index (χ1n) is 5.95. The van der Waals surface area contributed by atoms with Gasteiger partial charge in [-0.2, -0.15) is 11.3 Å². The lowest BCUT2D eigenvalue weighted by atomic mass is 10.1. The summed E-state index contributed by atoms with van der Waals surface area (Å²) in [6, 6.07) is 1.95. The molecule has 1 aliphatic rings. The average molecular weight is 259 g/mol. The Morgan fingerprint density at radius 1 is 1.44 bits per heavy atom. The van der Waals surface area contributed by atoms with Gasteiger partial charge in [0.2, 0.25) is 0 Å². The summed E-state index contributed by atoms with van der Waals surface area (Å²) >= 11 is 1.55. The zero-order valence-electron chi connectivity index (χ0n) is 9.82. The van der Waals surface area contributed by atoms with Gasteiger partial charge in [-0.15, -0.1) is 0 Å². The second-order valence-electron chi connectivity index (χ2n) is 4.30. The van der Waals surface area contributed by atoms with Gasteiger partial charge in [0.25, 0.3) is 5.91 Å². The fraction of sp³-hybridized carbons (Fsp3) is 0.308. The van der Waals surface area contributed by atoms with E-state index in [1.165, 1.54) is 0 Å². The predicted octanol–water partition coefficient (Wildman–Crippen LogP) is 2.52. The lowest BCUT2D eigenvalue weighted by molar-refractivity contribution is 0.0733. The maximum atomic E-state index is 12.4. The largest absolute Gasteiger partial charge is 0.330 e. The third-order valence-electron chi connectivity index (χ3n) is 3.21. The number of hydrogen-bond acceptors (Lipinski definition) is 4. The number of thiophene rings is 1. The quantitative estimate of drug-likeness (QED) is 0.832. The smallest absolute Gasteiger partial charge is 0.255 e. The van der Waals surface area contributed by atoms with Gasteiger partial charge in [-0.3, -0.25) is 14.8 Å². The number of carbonyl (C=O) groups is 1. The lowest BCUT2D eigenvalue weighted by Gasteiger charge is -2.23. The van der Waals surface area contributed by atoms with Crippen LogP contribution in [0, 0.1) is 0 Å². The number of amides is 1. The van der Waals surface area contributed by atoms with Crippen molar-refractivity contribution in [1.82, 2.24) is 14.9 Å². The second-order valence-corrected chi connectivity index (χ2v) is 5.08. The van der Waals surface area contributed by atoms with Crippen molar-refractivity contribution in [2.24, 2.45) is 0 Å². The third kappa shape index (κ3) is 2.01. The van der Waals surface area contributed by atoms with Crippen LogP contribution in [-0.2, 0) is 0 Å². The van der Waals surface area contributed by atoms with E-state index in [-0.39, 0.29) is 11.9 Å². The van der Waals surface area contributed by atoms with Crippen LogP contribution in [0.5, 0.6) is 0 Å². The molecule has 0 N–H and O–H groups in total. The maximum absolute atomic E-state index is 12.4. The molecule has 18 heavy (non-hydrogen) atoms. The first-order chi connectivity index (χ1) is 8.86.